The van der Waals surface area contributed by atoms with E-state index in [0.29, 0.717) is 37.1 Å². The summed E-state index contributed by atoms with van der Waals surface area (Å²) in [6.45, 7) is 10.7. The molecule has 3 N–H and O–H groups in total. The molecule has 1 rings (SSSR count). The van der Waals surface area contributed by atoms with E-state index in [1.54, 1.807) is 6.07 Å². The molecular formula is C17H31ClN2O4S. The summed E-state index contributed by atoms with van der Waals surface area (Å²) < 4.78 is 39.2. The van der Waals surface area contributed by atoms with Crippen molar-refractivity contribution in [1.29, 1.82) is 0 Å². The van der Waals surface area contributed by atoms with Crippen LogP contribution in [0.1, 0.15) is 41.0 Å². The van der Waals surface area contributed by atoms with Crippen molar-refractivity contribution in [3.05, 3.63) is 18.2 Å². The minimum atomic E-state index is -3.71. The van der Waals surface area contributed by atoms with Crippen LogP contribution in [0.5, 0.6) is 11.5 Å². The molecule has 0 aliphatic rings. The third-order valence-electron chi connectivity index (χ3n) is 3.52. The largest absolute Gasteiger partial charge is 0.490 e. The first-order valence-electron chi connectivity index (χ1n) is 8.31. The van der Waals surface area contributed by atoms with Gasteiger partial charge in [-0.15, -0.1) is 12.4 Å². The van der Waals surface area contributed by atoms with Gasteiger partial charge < -0.3 is 15.2 Å². The van der Waals surface area contributed by atoms with Crippen LogP contribution < -0.4 is 19.9 Å². The zero-order valence-electron chi connectivity index (χ0n) is 15.7. The smallest absolute Gasteiger partial charge is 0.241 e. The fourth-order valence-electron chi connectivity index (χ4n) is 2.65. The Balaban J connectivity index is 0.00000576. The van der Waals surface area contributed by atoms with Crippen LogP contribution in [0.15, 0.2) is 23.1 Å². The number of rotatable bonds is 10. The monoisotopic (exact) mass is 394 g/mol. The van der Waals surface area contributed by atoms with Gasteiger partial charge in [0, 0.05) is 18.2 Å². The number of nitrogens with one attached hydrogen (secondary N) is 1. The van der Waals surface area contributed by atoms with Crippen LogP contribution in [0.2, 0.25) is 0 Å². The zero-order chi connectivity index (χ0) is 18.4. The highest BCUT2D eigenvalue weighted by Gasteiger charge is 2.30. The Labute approximate surface area is 157 Å². The summed E-state index contributed by atoms with van der Waals surface area (Å²) >= 11 is 0. The summed E-state index contributed by atoms with van der Waals surface area (Å²) in [4.78, 5) is 0.137. The third-order valence-corrected chi connectivity index (χ3v) is 5.15. The predicted octanol–water partition coefficient (Wildman–Crippen LogP) is 2.95. The molecule has 0 bridgehead atoms. The molecule has 6 nitrogen and oxygen atoms in total. The van der Waals surface area contributed by atoms with Crippen LogP contribution in [-0.4, -0.2) is 33.7 Å². The molecular weight excluding hydrogens is 364 g/mol. The molecule has 0 spiro atoms. The zero-order valence-corrected chi connectivity index (χ0v) is 17.3. The first-order chi connectivity index (χ1) is 11.2. The van der Waals surface area contributed by atoms with Crippen LogP contribution in [0.3, 0.4) is 0 Å². The number of nitrogens with two attached hydrogens (primary N) is 1. The number of sulfonamides is 1. The predicted molar refractivity (Wildman–Crippen MR) is 103 cm³/mol. The summed E-state index contributed by atoms with van der Waals surface area (Å²) in [5.74, 6) is 1.27. The van der Waals surface area contributed by atoms with E-state index in [1.807, 2.05) is 34.6 Å². The van der Waals surface area contributed by atoms with E-state index < -0.39 is 15.6 Å². The van der Waals surface area contributed by atoms with Gasteiger partial charge in [0.25, 0.3) is 0 Å². The van der Waals surface area contributed by atoms with Crippen LogP contribution in [0.4, 0.5) is 0 Å². The first-order valence-corrected chi connectivity index (χ1v) is 9.79. The van der Waals surface area contributed by atoms with Crippen LogP contribution >= 0.6 is 12.4 Å². The molecule has 25 heavy (non-hydrogen) atoms. The summed E-state index contributed by atoms with van der Waals surface area (Å²) in [5.41, 5.74) is 5.11. The molecule has 146 valence electrons. The normalized spacial score (nSPS) is 13.9. The molecule has 0 amide bonds. The van der Waals surface area contributed by atoms with Crippen LogP contribution in [0.25, 0.3) is 0 Å². The van der Waals surface area contributed by atoms with E-state index in [4.69, 9.17) is 15.2 Å². The second-order valence-electron chi connectivity index (χ2n) is 6.44. The molecule has 1 aromatic rings. The number of hydrogen-bond donors (Lipinski definition) is 2. The Kier molecular flexibility index (Phi) is 9.79. The van der Waals surface area contributed by atoms with E-state index >= 15 is 0 Å². The van der Waals surface area contributed by atoms with Gasteiger partial charge in [0.05, 0.1) is 18.1 Å². The number of ether oxygens (including phenoxy) is 2. The van der Waals surface area contributed by atoms with Gasteiger partial charge in [-0.3, -0.25) is 0 Å². The van der Waals surface area contributed by atoms with E-state index in [0.717, 1.165) is 0 Å². The van der Waals surface area contributed by atoms with Crippen molar-refractivity contribution < 1.29 is 17.9 Å². The van der Waals surface area contributed by atoms with Gasteiger partial charge in [0.2, 0.25) is 10.0 Å². The van der Waals surface area contributed by atoms with Gasteiger partial charge >= 0.3 is 0 Å². The summed E-state index contributed by atoms with van der Waals surface area (Å²) in [6.07, 6.45) is 0.651. The average molecular weight is 395 g/mol. The minimum absolute atomic E-state index is 0. The average Bonchev–Trinajstić information content (AvgIpc) is 2.48. The van der Waals surface area contributed by atoms with Gasteiger partial charge in [0.15, 0.2) is 11.5 Å². The Hall–Kier alpha value is -1.02. The molecule has 0 aromatic heterocycles. The lowest BCUT2D eigenvalue weighted by atomic mass is 9.92. The topological polar surface area (TPSA) is 90.7 Å². The van der Waals surface area contributed by atoms with Crippen molar-refractivity contribution >= 4 is 22.4 Å². The van der Waals surface area contributed by atoms with Crippen LogP contribution in [0, 0.1) is 5.92 Å². The minimum Gasteiger partial charge on any atom is -0.490 e. The van der Waals surface area contributed by atoms with Crippen molar-refractivity contribution in [1.82, 2.24) is 4.72 Å². The number of hydrogen-bond acceptors (Lipinski definition) is 5. The quantitative estimate of drug-likeness (QED) is 0.636. The molecule has 1 aromatic carbocycles. The molecule has 0 aliphatic carbocycles. The summed E-state index contributed by atoms with van der Waals surface area (Å²) in [5, 5.41) is 0. The van der Waals surface area contributed by atoms with Gasteiger partial charge in [-0.05, 0) is 45.2 Å². The summed E-state index contributed by atoms with van der Waals surface area (Å²) in [6, 6.07) is 4.62. The molecule has 0 heterocycles. The number of halogens is 1. The highest BCUT2D eigenvalue weighted by molar-refractivity contribution is 7.89. The third kappa shape index (κ3) is 7.01. The molecule has 0 radical (unpaired) electrons. The van der Waals surface area contributed by atoms with Crippen molar-refractivity contribution in [3.63, 3.8) is 0 Å². The fourth-order valence-corrected chi connectivity index (χ4v) is 4.09. The lowest BCUT2D eigenvalue weighted by molar-refractivity contribution is 0.287. The second-order valence-corrected chi connectivity index (χ2v) is 8.13. The summed E-state index contributed by atoms with van der Waals surface area (Å²) in [7, 11) is -3.71. The van der Waals surface area contributed by atoms with Crippen molar-refractivity contribution in [2.24, 2.45) is 11.7 Å². The van der Waals surface area contributed by atoms with E-state index in [1.165, 1.54) is 12.1 Å². The van der Waals surface area contributed by atoms with E-state index in [-0.39, 0.29) is 23.8 Å². The van der Waals surface area contributed by atoms with Gasteiger partial charge in [0.1, 0.15) is 0 Å². The Morgan fingerprint density at radius 3 is 2.20 bits per heavy atom. The molecule has 0 fully saturated rings. The van der Waals surface area contributed by atoms with Crippen molar-refractivity contribution in [2.45, 2.75) is 51.5 Å². The van der Waals surface area contributed by atoms with Crippen LogP contribution in [-0.2, 0) is 10.0 Å². The molecule has 0 saturated heterocycles. The Morgan fingerprint density at radius 2 is 1.72 bits per heavy atom. The SMILES string of the molecule is CCOc1ccc(S(=O)(=O)NC(C)(CN)CC(C)C)cc1OCC.Cl. The van der Waals surface area contributed by atoms with Crippen molar-refractivity contribution in [3.8, 4) is 11.5 Å². The van der Waals surface area contributed by atoms with Crippen molar-refractivity contribution in [2.75, 3.05) is 19.8 Å². The Morgan fingerprint density at radius 1 is 1.16 bits per heavy atom. The number of benzene rings is 1. The highest BCUT2D eigenvalue weighted by Crippen LogP contribution is 2.31. The lowest BCUT2D eigenvalue weighted by Crippen LogP contribution is -2.51. The maximum absolute atomic E-state index is 12.8. The molecule has 0 saturated carbocycles. The molecule has 1 unspecified atom stereocenters. The maximum atomic E-state index is 12.8. The highest BCUT2D eigenvalue weighted by atomic mass is 35.5. The van der Waals surface area contributed by atoms with E-state index in [9.17, 15) is 8.42 Å². The van der Waals surface area contributed by atoms with E-state index in [2.05, 4.69) is 4.72 Å². The lowest BCUT2D eigenvalue weighted by Gasteiger charge is -2.30. The molecule has 8 heteroatoms. The second kappa shape index (κ2) is 10.2. The van der Waals surface area contributed by atoms with Gasteiger partial charge in [-0.25, -0.2) is 13.1 Å². The molecule has 1 atom stereocenters. The maximum Gasteiger partial charge on any atom is 0.241 e. The first kappa shape index (κ1) is 24.0. The fraction of sp³-hybridized carbons (Fsp3) is 0.647. The van der Waals surface area contributed by atoms with Gasteiger partial charge in [-0.1, -0.05) is 13.8 Å². The Bertz CT molecular complexity index is 638. The molecule has 0 aliphatic heterocycles. The standard InChI is InChI=1S/C17H30N2O4S.ClH/c1-6-22-15-9-8-14(10-16(15)23-7-2)24(20,21)19-17(5,12-18)11-13(3)4;/h8-10,13,19H,6-7,11-12,18H2,1-5H3;1H. The van der Waals surface area contributed by atoms with Gasteiger partial charge in [-0.2, -0.15) is 0 Å².